The van der Waals surface area contributed by atoms with E-state index in [1.165, 1.54) is 0 Å². The first kappa shape index (κ1) is 16.0. The first-order valence-corrected chi connectivity index (χ1v) is 7.13. The van der Waals surface area contributed by atoms with Gasteiger partial charge in [-0.05, 0) is 24.3 Å². The third-order valence-corrected chi connectivity index (χ3v) is 3.14. The minimum atomic E-state index is -0.573. The number of benzene rings is 1. The highest BCUT2D eigenvalue weighted by Gasteiger charge is 2.14. The van der Waals surface area contributed by atoms with E-state index in [-0.39, 0.29) is 12.7 Å². The fourth-order valence-corrected chi connectivity index (χ4v) is 1.99. The van der Waals surface area contributed by atoms with Crippen molar-refractivity contribution in [1.82, 2.24) is 5.32 Å². The lowest BCUT2D eigenvalue weighted by Gasteiger charge is -2.23. The Morgan fingerprint density at radius 1 is 1.29 bits per heavy atom. The van der Waals surface area contributed by atoms with Crippen molar-refractivity contribution >= 4 is 0 Å². The maximum Gasteiger partial charge on any atom is 0.119 e. The Labute approximate surface area is 125 Å². The van der Waals surface area contributed by atoms with Gasteiger partial charge in [0, 0.05) is 13.1 Å². The molecule has 0 aliphatic carbocycles. The lowest BCUT2D eigenvalue weighted by Crippen LogP contribution is -2.41. The molecule has 6 heteroatoms. The van der Waals surface area contributed by atoms with Gasteiger partial charge in [-0.2, -0.15) is 0 Å². The van der Waals surface area contributed by atoms with Gasteiger partial charge in [-0.25, -0.2) is 0 Å². The van der Waals surface area contributed by atoms with Crippen molar-refractivity contribution in [1.29, 1.82) is 0 Å². The van der Waals surface area contributed by atoms with E-state index in [1.807, 2.05) is 24.3 Å². The molecule has 1 aromatic rings. The summed E-state index contributed by atoms with van der Waals surface area (Å²) < 4.78 is 21.4. The van der Waals surface area contributed by atoms with Crippen LogP contribution in [0.1, 0.15) is 0 Å². The molecular formula is C15H23NO5. The number of aliphatic hydroxyl groups excluding tert-OH is 1. The monoisotopic (exact) mass is 297 g/mol. The average molecular weight is 297 g/mol. The van der Waals surface area contributed by atoms with Gasteiger partial charge >= 0.3 is 0 Å². The van der Waals surface area contributed by atoms with Crippen LogP contribution in [0.2, 0.25) is 0 Å². The van der Waals surface area contributed by atoms with E-state index in [0.717, 1.165) is 5.75 Å². The van der Waals surface area contributed by atoms with Crippen molar-refractivity contribution in [3.63, 3.8) is 0 Å². The molecule has 6 nitrogen and oxygen atoms in total. The van der Waals surface area contributed by atoms with Gasteiger partial charge in [-0.15, -0.1) is 0 Å². The van der Waals surface area contributed by atoms with E-state index in [9.17, 15) is 5.11 Å². The fourth-order valence-electron chi connectivity index (χ4n) is 1.99. The smallest absolute Gasteiger partial charge is 0.119 e. The molecule has 2 N–H and O–H groups in total. The van der Waals surface area contributed by atoms with Crippen LogP contribution in [0.4, 0.5) is 0 Å². The zero-order chi connectivity index (χ0) is 14.9. The van der Waals surface area contributed by atoms with Crippen molar-refractivity contribution < 1.29 is 24.1 Å². The van der Waals surface area contributed by atoms with Crippen LogP contribution in [0.25, 0.3) is 0 Å². The highest BCUT2D eigenvalue weighted by molar-refractivity contribution is 5.31. The van der Waals surface area contributed by atoms with Gasteiger partial charge in [0.05, 0.1) is 33.0 Å². The van der Waals surface area contributed by atoms with Gasteiger partial charge in [0.2, 0.25) is 0 Å². The molecule has 1 fully saturated rings. The van der Waals surface area contributed by atoms with E-state index >= 15 is 0 Å². The molecule has 2 unspecified atom stereocenters. The van der Waals surface area contributed by atoms with E-state index < -0.39 is 6.10 Å². The Balaban J connectivity index is 1.59. The predicted octanol–water partition coefficient (Wildman–Crippen LogP) is 0.440. The molecule has 21 heavy (non-hydrogen) atoms. The second-order valence-corrected chi connectivity index (χ2v) is 4.87. The van der Waals surface area contributed by atoms with E-state index in [0.29, 0.717) is 38.7 Å². The highest BCUT2D eigenvalue weighted by atomic mass is 16.6. The maximum absolute atomic E-state index is 9.86. The van der Waals surface area contributed by atoms with Crippen molar-refractivity contribution in [3.05, 3.63) is 24.3 Å². The Morgan fingerprint density at radius 2 is 2.05 bits per heavy atom. The number of methoxy groups -OCH3 is 1. The topological polar surface area (TPSA) is 69.2 Å². The summed E-state index contributed by atoms with van der Waals surface area (Å²) in [5.41, 5.74) is 0. The van der Waals surface area contributed by atoms with Crippen molar-refractivity contribution in [2.75, 3.05) is 46.6 Å². The van der Waals surface area contributed by atoms with Gasteiger partial charge in [0.1, 0.15) is 24.2 Å². The predicted molar refractivity (Wildman–Crippen MR) is 77.9 cm³/mol. The van der Waals surface area contributed by atoms with E-state index in [1.54, 1.807) is 7.11 Å². The normalized spacial score (nSPS) is 20.0. The molecule has 0 radical (unpaired) electrons. The Bertz CT molecular complexity index is 392. The largest absolute Gasteiger partial charge is 0.497 e. The third kappa shape index (κ3) is 5.89. The van der Waals surface area contributed by atoms with E-state index in [2.05, 4.69) is 5.32 Å². The minimum absolute atomic E-state index is 0.0634. The molecule has 1 heterocycles. The zero-order valence-corrected chi connectivity index (χ0v) is 12.3. The fraction of sp³-hybridized carbons (Fsp3) is 0.600. The van der Waals surface area contributed by atoms with Gasteiger partial charge in [-0.1, -0.05) is 0 Å². The number of hydrogen-bond donors (Lipinski definition) is 2. The molecule has 2 rings (SSSR count). The molecule has 0 saturated carbocycles. The first-order chi connectivity index (χ1) is 10.3. The molecule has 0 bridgehead atoms. The van der Waals surface area contributed by atoms with Crippen LogP contribution in [0, 0.1) is 0 Å². The Hall–Kier alpha value is -1.34. The lowest BCUT2D eigenvalue weighted by molar-refractivity contribution is -0.0869. The number of hydrogen-bond acceptors (Lipinski definition) is 6. The Morgan fingerprint density at radius 3 is 2.71 bits per heavy atom. The second kappa shape index (κ2) is 8.84. The molecule has 1 aromatic carbocycles. The average Bonchev–Trinajstić information content (AvgIpc) is 2.54. The molecule has 2 atom stereocenters. The third-order valence-electron chi connectivity index (χ3n) is 3.14. The van der Waals surface area contributed by atoms with Crippen LogP contribution in [0.15, 0.2) is 24.3 Å². The van der Waals surface area contributed by atoms with Crippen LogP contribution >= 0.6 is 0 Å². The number of rotatable bonds is 8. The zero-order valence-electron chi connectivity index (χ0n) is 12.3. The van der Waals surface area contributed by atoms with Crippen LogP contribution in [-0.4, -0.2) is 63.9 Å². The number of aliphatic hydroxyl groups is 1. The van der Waals surface area contributed by atoms with Crippen molar-refractivity contribution in [2.24, 2.45) is 0 Å². The summed E-state index contributed by atoms with van der Waals surface area (Å²) in [6, 6.07) is 7.26. The van der Waals surface area contributed by atoms with Crippen molar-refractivity contribution in [3.8, 4) is 11.5 Å². The molecule has 0 aromatic heterocycles. The number of ether oxygens (including phenoxy) is 4. The van der Waals surface area contributed by atoms with Crippen molar-refractivity contribution in [2.45, 2.75) is 12.2 Å². The lowest BCUT2D eigenvalue weighted by atomic mass is 10.3. The molecule has 118 valence electrons. The summed E-state index contributed by atoms with van der Waals surface area (Å²) in [5, 5.41) is 13.0. The molecule has 0 spiro atoms. The summed E-state index contributed by atoms with van der Waals surface area (Å²) in [6.45, 7) is 3.26. The minimum Gasteiger partial charge on any atom is -0.497 e. The second-order valence-electron chi connectivity index (χ2n) is 4.87. The summed E-state index contributed by atoms with van der Waals surface area (Å²) in [5.74, 6) is 1.48. The summed E-state index contributed by atoms with van der Waals surface area (Å²) >= 11 is 0. The quantitative estimate of drug-likeness (QED) is 0.726. The summed E-state index contributed by atoms with van der Waals surface area (Å²) in [6.07, 6.45) is -0.509. The van der Waals surface area contributed by atoms with Crippen LogP contribution < -0.4 is 14.8 Å². The van der Waals surface area contributed by atoms with Crippen LogP contribution in [0.3, 0.4) is 0 Å². The first-order valence-electron chi connectivity index (χ1n) is 7.13. The number of nitrogens with one attached hydrogen (secondary N) is 1. The molecule has 1 aliphatic heterocycles. The van der Waals surface area contributed by atoms with Gasteiger partial charge < -0.3 is 29.4 Å². The maximum atomic E-state index is 9.86. The highest BCUT2D eigenvalue weighted by Crippen LogP contribution is 2.16. The van der Waals surface area contributed by atoms with Crippen LogP contribution in [0.5, 0.6) is 11.5 Å². The van der Waals surface area contributed by atoms with E-state index in [4.69, 9.17) is 18.9 Å². The molecular weight excluding hydrogens is 274 g/mol. The summed E-state index contributed by atoms with van der Waals surface area (Å²) in [4.78, 5) is 0. The standard InChI is InChI=1S/C15H23NO5/c1-18-13-2-4-14(5-3-13)21-10-12(17)8-16-9-15-11-19-6-7-20-15/h2-5,12,15-17H,6-11H2,1H3. The van der Waals surface area contributed by atoms with Gasteiger partial charge in [-0.3, -0.25) is 0 Å². The SMILES string of the molecule is COc1ccc(OCC(O)CNCC2COCCO2)cc1. The van der Waals surface area contributed by atoms with Gasteiger partial charge in [0.15, 0.2) is 0 Å². The Kier molecular flexibility index (Phi) is 6.75. The summed E-state index contributed by atoms with van der Waals surface area (Å²) in [7, 11) is 1.62. The molecule has 0 amide bonds. The molecule has 1 saturated heterocycles. The van der Waals surface area contributed by atoms with Gasteiger partial charge in [0.25, 0.3) is 0 Å². The van der Waals surface area contributed by atoms with Crippen LogP contribution in [-0.2, 0) is 9.47 Å². The molecule has 1 aliphatic rings.